The van der Waals surface area contributed by atoms with Gasteiger partial charge in [0.1, 0.15) is 0 Å². The van der Waals surface area contributed by atoms with Crippen molar-refractivity contribution >= 4 is 14.0 Å². The quantitative estimate of drug-likeness (QED) is 0.117. The van der Waals surface area contributed by atoms with Crippen molar-refractivity contribution in [2.45, 2.75) is 34.1 Å². The van der Waals surface area contributed by atoms with Gasteiger partial charge in [0.05, 0.1) is 0 Å². The van der Waals surface area contributed by atoms with Gasteiger partial charge >= 0.3 is 8.80 Å². The molecular formula is C44H44O3Si. The Labute approximate surface area is 287 Å². The Kier molecular flexibility index (Phi) is 10.8. The second kappa shape index (κ2) is 15.5. The number of hydrogen-bond donors (Lipinski definition) is 0. The molecule has 6 rings (SSSR count). The summed E-state index contributed by atoms with van der Waals surface area (Å²) in [5.74, 6) is 0. The number of hydrogen-bond acceptors (Lipinski definition) is 3. The third-order valence-electron chi connectivity index (χ3n) is 8.81. The lowest BCUT2D eigenvalue weighted by Gasteiger charge is -2.28. The average Bonchev–Trinajstić information content (AvgIpc) is 3.15. The molecule has 242 valence electrons. The van der Waals surface area contributed by atoms with Gasteiger partial charge in [0.15, 0.2) is 0 Å². The Hall–Kier alpha value is -4.58. The molecule has 6 aromatic rings. The molecule has 0 aliphatic carbocycles. The molecule has 0 radical (unpaired) electrons. The lowest BCUT2D eigenvalue weighted by atomic mass is 9.96. The summed E-state index contributed by atoms with van der Waals surface area (Å²) in [5.41, 5.74) is 13.4. The Morgan fingerprint density at radius 1 is 0.312 bits per heavy atom. The highest BCUT2D eigenvalue weighted by atomic mass is 28.4. The fourth-order valence-corrected chi connectivity index (χ4v) is 8.63. The Balaban J connectivity index is 1.11. The van der Waals surface area contributed by atoms with E-state index in [1.807, 2.05) is 20.8 Å². The van der Waals surface area contributed by atoms with Crippen LogP contribution in [0.1, 0.15) is 33.3 Å². The first kappa shape index (κ1) is 33.3. The minimum absolute atomic E-state index is 0.549. The van der Waals surface area contributed by atoms with E-state index in [4.69, 9.17) is 13.3 Å². The molecule has 0 aromatic heterocycles. The topological polar surface area (TPSA) is 27.7 Å². The molecule has 0 spiro atoms. The van der Waals surface area contributed by atoms with Crippen molar-refractivity contribution in [2.75, 3.05) is 19.8 Å². The summed E-state index contributed by atoms with van der Waals surface area (Å²) in [4.78, 5) is 0. The molecule has 0 heterocycles. The monoisotopic (exact) mass is 648 g/mol. The van der Waals surface area contributed by atoms with E-state index in [9.17, 15) is 0 Å². The van der Waals surface area contributed by atoms with Crippen LogP contribution < -0.4 is 5.19 Å². The van der Waals surface area contributed by atoms with Gasteiger partial charge in [-0.05, 0) is 88.4 Å². The number of aryl methyl sites for hydroxylation is 1. The van der Waals surface area contributed by atoms with Gasteiger partial charge in [-0.3, -0.25) is 0 Å². The van der Waals surface area contributed by atoms with Crippen LogP contribution >= 0.6 is 0 Å². The minimum atomic E-state index is -2.91. The van der Waals surface area contributed by atoms with Crippen LogP contribution in [0.5, 0.6) is 0 Å². The van der Waals surface area contributed by atoms with E-state index in [1.54, 1.807) is 0 Å². The summed E-state index contributed by atoms with van der Waals surface area (Å²) < 4.78 is 18.2. The average molecular weight is 649 g/mol. The van der Waals surface area contributed by atoms with Crippen molar-refractivity contribution in [3.8, 4) is 55.6 Å². The molecule has 0 bridgehead atoms. The predicted molar refractivity (Wildman–Crippen MR) is 203 cm³/mol. The molecular weight excluding hydrogens is 605 g/mol. The zero-order valence-corrected chi connectivity index (χ0v) is 29.4. The SMILES string of the molecule is CCO[Si](OCC)(OCC)c1ccc(-c2ccc(-c3ccc(-c4ccc(-c5ccc(-c6ccc(CC)cc6)cc5)cc4)cc3)cc2)cc1. The molecule has 0 N–H and O–H groups in total. The first-order valence-electron chi connectivity index (χ1n) is 17.1. The van der Waals surface area contributed by atoms with E-state index in [0.29, 0.717) is 19.8 Å². The van der Waals surface area contributed by atoms with E-state index in [0.717, 1.165) is 17.2 Å². The van der Waals surface area contributed by atoms with Crippen molar-refractivity contribution < 1.29 is 13.3 Å². The molecule has 0 fully saturated rings. The van der Waals surface area contributed by atoms with Gasteiger partial charge in [0.25, 0.3) is 0 Å². The fourth-order valence-electron chi connectivity index (χ4n) is 6.17. The van der Waals surface area contributed by atoms with Crippen LogP contribution in [0.3, 0.4) is 0 Å². The predicted octanol–water partition coefficient (Wildman–Crippen LogP) is 10.8. The zero-order chi connectivity index (χ0) is 33.3. The van der Waals surface area contributed by atoms with Crippen LogP contribution in [0.25, 0.3) is 55.6 Å². The molecule has 0 saturated heterocycles. The summed E-state index contributed by atoms with van der Waals surface area (Å²) in [7, 11) is -2.91. The number of rotatable bonds is 13. The Morgan fingerprint density at radius 3 is 0.729 bits per heavy atom. The standard InChI is InChI=1S/C44H44O3Si/c1-5-33-9-11-34(12-10-33)35-13-15-36(16-14-35)37-17-19-38(20-18-37)39-21-23-40(24-22-39)41-25-27-42(28-26-41)43-29-31-44(32-30-43)48(45-6-2,46-7-3)47-8-4/h9-32H,5-8H2,1-4H3. The first-order valence-corrected chi connectivity index (χ1v) is 18.8. The summed E-state index contributed by atoms with van der Waals surface area (Å²) in [6.07, 6.45) is 1.06. The maximum absolute atomic E-state index is 6.08. The van der Waals surface area contributed by atoms with Crippen LogP contribution in [0.15, 0.2) is 146 Å². The molecule has 48 heavy (non-hydrogen) atoms. The molecule has 0 atom stereocenters. The molecule has 0 saturated carbocycles. The van der Waals surface area contributed by atoms with Gasteiger partial charge in [-0.2, -0.15) is 0 Å². The van der Waals surface area contributed by atoms with Crippen molar-refractivity contribution in [1.82, 2.24) is 0 Å². The van der Waals surface area contributed by atoms with Gasteiger partial charge in [-0.1, -0.05) is 153 Å². The molecule has 6 aromatic carbocycles. The van der Waals surface area contributed by atoms with Crippen molar-refractivity contribution in [2.24, 2.45) is 0 Å². The molecule has 0 unspecified atom stereocenters. The molecule has 4 heteroatoms. The van der Waals surface area contributed by atoms with Crippen LogP contribution in [0, 0.1) is 0 Å². The van der Waals surface area contributed by atoms with Crippen LogP contribution in [-0.4, -0.2) is 28.6 Å². The van der Waals surface area contributed by atoms with Crippen molar-refractivity contribution in [3.05, 3.63) is 151 Å². The summed E-state index contributed by atoms with van der Waals surface area (Å²) >= 11 is 0. The minimum Gasteiger partial charge on any atom is -0.370 e. The Morgan fingerprint density at radius 2 is 0.521 bits per heavy atom. The van der Waals surface area contributed by atoms with Crippen LogP contribution in [0.4, 0.5) is 0 Å². The number of benzene rings is 6. The molecule has 3 nitrogen and oxygen atoms in total. The zero-order valence-electron chi connectivity index (χ0n) is 28.4. The van der Waals surface area contributed by atoms with Gasteiger partial charge in [0.2, 0.25) is 0 Å². The third-order valence-corrected chi connectivity index (χ3v) is 11.9. The maximum Gasteiger partial charge on any atom is 0.537 e. The second-order valence-electron chi connectivity index (χ2n) is 11.8. The van der Waals surface area contributed by atoms with E-state index in [-0.39, 0.29) is 0 Å². The van der Waals surface area contributed by atoms with E-state index >= 15 is 0 Å². The smallest absolute Gasteiger partial charge is 0.370 e. The van der Waals surface area contributed by atoms with Gasteiger partial charge < -0.3 is 13.3 Å². The fraction of sp³-hybridized carbons (Fsp3) is 0.182. The van der Waals surface area contributed by atoms with Crippen molar-refractivity contribution in [3.63, 3.8) is 0 Å². The van der Waals surface area contributed by atoms with E-state index < -0.39 is 8.80 Å². The highest BCUT2D eigenvalue weighted by Crippen LogP contribution is 2.30. The summed E-state index contributed by atoms with van der Waals surface area (Å²) in [5, 5.41) is 0.992. The Bertz CT molecular complexity index is 1860. The summed E-state index contributed by atoms with van der Waals surface area (Å²) in [6.45, 7) is 9.78. The molecule has 0 amide bonds. The maximum atomic E-state index is 6.08. The third kappa shape index (κ3) is 7.43. The summed E-state index contributed by atoms with van der Waals surface area (Å²) in [6, 6.07) is 52.6. The lowest BCUT2D eigenvalue weighted by Crippen LogP contribution is -2.56. The van der Waals surface area contributed by atoms with E-state index in [2.05, 4.69) is 153 Å². The molecule has 0 aliphatic rings. The first-order chi connectivity index (χ1) is 23.6. The highest BCUT2D eigenvalue weighted by Gasteiger charge is 2.43. The second-order valence-corrected chi connectivity index (χ2v) is 14.3. The van der Waals surface area contributed by atoms with Crippen molar-refractivity contribution in [1.29, 1.82) is 0 Å². The van der Waals surface area contributed by atoms with Crippen LogP contribution in [0.2, 0.25) is 0 Å². The largest absolute Gasteiger partial charge is 0.537 e. The molecule has 0 aliphatic heterocycles. The van der Waals surface area contributed by atoms with Gasteiger partial charge in [-0.15, -0.1) is 0 Å². The van der Waals surface area contributed by atoms with Crippen LogP contribution in [-0.2, 0) is 19.7 Å². The highest BCUT2D eigenvalue weighted by molar-refractivity contribution is 6.75. The lowest BCUT2D eigenvalue weighted by molar-refractivity contribution is 0.0859. The van der Waals surface area contributed by atoms with E-state index in [1.165, 1.54) is 55.6 Å². The van der Waals surface area contributed by atoms with Gasteiger partial charge in [-0.25, -0.2) is 0 Å². The normalized spacial score (nSPS) is 11.5. The van der Waals surface area contributed by atoms with Gasteiger partial charge in [0, 0.05) is 25.0 Å².